The van der Waals surface area contributed by atoms with Crippen LogP contribution in [0.5, 0.6) is 5.75 Å². The molecule has 3 unspecified atom stereocenters. The lowest BCUT2D eigenvalue weighted by Crippen LogP contribution is -2.35. The summed E-state index contributed by atoms with van der Waals surface area (Å²) in [5.74, 6) is -3.76. The number of alkyl halides is 1. The first-order valence-electron chi connectivity index (χ1n) is 10.4. The van der Waals surface area contributed by atoms with Crippen molar-refractivity contribution < 1.29 is 32.9 Å². The normalized spacial score (nSPS) is 14.8. The highest BCUT2D eigenvalue weighted by Crippen LogP contribution is 2.57. The number of hydrogen-bond acceptors (Lipinski definition) is 5. The van der Waals surface area contributed by atoms with E-state index in [9.17, 15) is 19.3 Å². The van der Waals surface area contributed by atoms with Gasteiger partial charge in [0.15, 0.2) is 0 Å². The fourth-order valence-corrected chi connectivity index (χ4v) is 5.08. The molecule has 3 aromatic rings. The van der Waals surface area contributed by atoms with Gasteiger partial charge in [-0.2, -0.15) is 0 Å². The maximum Gasteiger partial charge on any atom is 0.355 e. The van der Waals surface area contributed by atoms with Crippen LogP contribution in [0.4, 0.5) is 4.39 Å². The summed E-state index contributed by atoms with van der Waals surface area (Å²) in [7, 11) is -4.34. The van der Waals surface area contributed by atoms with Crippen LogP contribution in [0, 0.1) is 0 Å². The Hall–Kier alpha value is -3.22. The summed E-state index contributed by atoms with van der Waals surface area (Å²) < 4.78 is 40.2. The fraction of sp³-hybridized carbons (Fsp3) is 0.250. The number of fused-ring (bicyclic) bond motifs is 1. The van der Waals surface area contributed by atoms with E-state index in [0.29, 0.717) is 17.2 Å². The zero-order valence-corrected chi connectivity index (χ0v) is 19.1. The fourth-order valence-electron chi connectivity index (χ4n) is 3.17. The van der Waals surface area contributed by atoms with E-state index in [1.165, 1.54) is 43.3 Å². The molecule has 0 heterocycles. The number of benzene rings is 3. The summed E-state index contributed by atoms with van der Waals surface area (Å²) >= 11 is 0. The smallest absolute Gasteiger partial charge is 0.355 e. The molecule has 0 saturated carbocycles. The third-order valence-electron chi connectivity index (χ3n) is 4.84. The molecule has 9 heteroatoms. The average Bonchev–Trinajstić information content (AvgIpc) is 2.81. The molecule has 0 aliphatic heterocycles. The molecular weight excluding hydrogens is 448 g/mol. The van der Waals surface area contributed by atoms with E-state index in [0.717, 1.165) is 0 Å². The third kappa shape index (κ3) is 5.97. The summed E-state index contributed by atoms with van der Waals surface area (Å²) in [6.07, 6.45) is 0.609. The Labute approximate surface area is 191 Å². The Kier molecular flexibility index (Phi) is 7.84. The first kappa shape index (κ1) is 24.4. The largest absolute Gasteiger partial charge is 0.478 e. The number of carboxylic acid groups (broad SMARTS) is 1. The summed E-state index contributed by atoms with van der Waals surface area (Å²) in [6, 6.07) is 15.9. The van der Waals surface area contributed by atoms with Crippen LogP contribution in [-0.4, -0.2) is 29.7 Å². The van der Waals surface area contributed by atoms with Gasteiger partial charge < -0.3 is 14.4 Å². The van der Waals surface area contributed by atoms with Crippen LogP contribution in [0.3, 0.4) is 0 Å². The molecule has 0 bridgehead atoms. The van der Waals surface area contributed by atoms with Crippen molar-refractivity contribution in [1.29, 1.82) is 0 Å². The van der Waals surface area contributed by atoms with E-state index in [2.05, 4.69) is 5.09 Å². The number of carbonyl (C=O) groups is 2. The molecule has 3 atom stereocenters. The Morgan fingerprint density at radius 2 is 1.76 bits per heavy atom. The molecule has 0 saturated heterocycles. The highest BCUT2D eigenvalue weighted by molar-refractivity contribution is 7.57. The molecular formula is C24H25FNO6P. The second kappa shape index (κ2) is 10.6. The summed E-state index contributed by atoms with van der Waals surface area (Å²) in [4.78, 5) is 23.5. The minimum atomic E-state index is -4.34. The van der Waals surface area contributed by atoms with Crippen molar-refractivity contribution in [2.75, 3.05) is 6.61 Å². The van der Waals surface area contributed by atoms with Crippen LogP contribution in [0.2, 0.25) is 0 Å². The van der Waals surface area contributed by atoms with Gasteiger partial charge in [0, 0.05) is 0 Å². The van der Waals surface area contributed by atoms with E-state index in [1.807, 2.05) is 6.92 Å². The van der Waals surface area contributed by atoms with Crippen molar-refractivity contribution >= 4 is 30.2 Å². The topological polar surface area (TPSA) is 102 Å². The Bertz CT molecular complexity index is 1190. The highest BCUT2D eigenvalue weighted by Gasteiger charge is 2.40. The molecule has 7 nitrogen and oxygen atoms in total. The number of halogens is 1. The minimum Gasteiger partial charge on any atom is -0.478 e. The molecule has 0 aliphatic carbocycles. The van der Waals surface area contributed by atoms with Crippen molar-refractivity contribution in [1.82, 2.24) is 5.09 Å². The van der Waals surface area contributed by atoms with Crippen LogP contribution in [0.25, 0.3) is 10.8 Å². The van der Waals surface area contributed by atoms with Crippen molar-refractivity contribution in [2.45, 2.75) is 32.2 Å². The number of para-hydroxylation sites is 1. The van der Waals surface area contributed by atoms with Gasteiger partial charge in [0.2, 0.25) is 5.91 Å². The standard InChI is InChI=1S/C24H25FNO6P/c1-3-13-31-24(29)16(2)26-33(30,32-21-7-5-4-6-8-21)22(25)18-11-9-17-10-12-19(23(27)28)15-20(17)14-18/h4-12,14-16,22H,3,13H2,1-2H3,(H,26,30)(H,27,28). The van der Waals surface area contributed by atoms with Gasteiger partial charge in [0.1, 0.15) is 11.8 Å². The number of ether oxygens (including phenoxy) is 1. The summed E-state index contributed by atoms with van der Waals surface area (Å²) in [6.45, 7) is 3.44. The molecule has 3 rings (SSSR count). The van der Waals surface area contributed by atoms with Gasteiger partial charge in [0.25, 0.3) is 0 Å². The molecule has 0 amide bonds. The van der Waals surface area contributed by atoms with E-state index in [-0.39, 0.29) is 23.5 Å². The van der Waals surface area contributed by atoms with Crippen molar-refractivity contribution in [3.05, 3.63) is 77.9 Å². The first-order chi connectivity index (χ1) is 15.7. The van der Waals surface area contributed by atoms with Gasteiger partial charge in [-0.1, -0.05) is 43.3 Å². The van der Waals surface area contributed by atoms with E-state index < -0.39 is 31.4 Å². The number of hydrogen-bond donors (Lipinski definition) is 2. The molecule has 0 aromatic heterocycles. The van der Waals surface area contributed by atoms with Crippen molar-refractivity contribution in [3.8, 4) is 5.75 Å². The van der Waals surface area contributed by atoms with Crippen LogP contribution in [0.1, 0.15) is 42.1 Å². The predicted molar refractivity (Wildman–Crippen MR) is 123 cm³/mol. The molecule has 174 valence electrons. The predicted octanol–water partition coefficient (Wildman–Crippen LogP) is 5.71. The zero-order valence-electron chi connectivity index (χ0n) is 18.2. The van der Waals surface area contributed by atoms with Crippen LogP contribution in [0.15, 0.2) is 66.7 Å². The molecule has 0 aliphatic rings. The van der Waals surface area contributed by atoms with Crippen molar-refractivity contribution in [2.24, 2.45) is 0 Å². The van der Waals surface area contributed by atoms with Crippen LogP contribution < -0.4 is 9.61 Å². The lowest BCUT2D eigenvalue weighted by Gasteiger charge is -2.26. The number of carbonyl (C=O) groups excluding carboxylic acids is 1. The van der Waals surface area contributed by atoms with Gasteiger partial charge in [0.05, 0.1) is 12.2 Å². The van der Waals surface area contributed by atoms with Gasteiger partial charge in [-0.15, -0.1) is 0 Å². The number of nitrogens with one attached hydrogen (secondary N) is 1. The van der Waals surface area contributed by atoms with Gasteiger partial charge in [-0.3, -0.25) is 9.36 Å². The third-order valence-corrected chi connectivity index (χ3v) is 6.97. The number of carboxylic acids is 1. The van der Waals surface area contributed by atoms with Crippen LogP contribution in [-0.2, 0) is 14.1 Å². The number of esters is 1. The average molecular weight is 473 g/mol. The molecule has 33 heavy (non-hydrogen) atoms. The second-order valence-corrected chi connectivity index (χ2v) is 9.57. The summed E-state index contributed by atoms with van der Waals surface area (Å²) in [5, 5.41) is 12.9. The lowest BCUT2D eigenvalue weighted by atomic mass is 10.0. The second-order valence-electron chi connectivity index (χ2n) is 7.48. The van der Waals surface area contributed by atoms with Crippen LogP contribution >= 0.6 is 7.52 Å². The van der Waals surface area contributed by atoms with Gasteiger partial charge in [-0.05, 0) is 60.0 Å². The van der Waals surface area contributed by atoms with E-state index >= 15 is 4.39 Å². The van der Waals surface area contributed by atoms with Gasteiger partial charge >= 0.3 is 19.5 Å². The Balaban J connectivity index is 1.97. The van der Waals surface area contributed by atoms with Crippen molar-refractivity contribution in [3.63, 3.8) is 0 Å². The molecule has 3 aromatic carbocycles. The SMILES string of the molecule is CCCOC(=O)C(C)NP(=O)(Oc1ccccc1)C(F)c1ccc2ccc(C(=O)O)cc2c1. The molecule has 0 spiro atoms. The zero-order chi connectivity index (χ0) is 24.0. The number of aromatic carboxylic acids is 1. The maximum atomic E-state index is 15.8. The monoisotopic (exact) mass is 473 g/mol. The van der Waals surface area contributed by atoms with E-state index in [1.54, 1.807) is 30.3 Å². The minimum absolute atomic E-state index is 0.0194. The number of rotatable bonds is 10. The Morgan fingerprint density at radius 1 is 1.06 bits per heavy atom. The molecule has 0 fully saturated rings. The highest BCUT2D eigenvalue weighted by atomic mass is 31.2. The molecule has 0 radical (unpaired) electrons. The Morgan fingerprint density at radius 3 is 2.42 bits per heavy atom. The van der Waals surface area contributed by atoms with Gasteiger partial charge in [-0.25, -0.2) is 14.3 Å². The van der Waals surface area contributed by atoms with E-state index in [4.69, 9.17) is 9.26 Å². The maximum absolute atomic E-state index is 15.8. The first-order valence-corrected chi connectivity index (χ1v) is 12.1. The summed E-state index contributed by atoms with van der Waals surface area (Å²) in [5.41, 5.74) is 0.0649. The molecule has 2 N–H and O–H groups in total. The lowest BCUT2D eigenvalue weighted by molar-refractivity contribution is -0.145. The quantitative estimate of drug-likeness (QED) is 0.287.